The summed E-state index contributed by atoms with van der Waals surface area (Å²) >= 11 is 0. The van der Waals surface area contributed by atoms with Crippen LogP contribution in [0.4, 0.5) is 0 Å². The third-order valence-electron chi connectivity index (χ3n) is 3.49. The van der Waals surface area contributed by atoms with Crippen LogP contribution in [0.15, 0.2) is 29.2 Å². The smallest absolute Gasteiger partial charge is 0.241 e. The van der Waals surface area contributed by atoms with Crippen molar-refractivity contribution in [2.45, 2.75) is 38.1 Å². The van der Waals surface area contributed by atoms with E-state index >= 15 is 0 Å². The molecule has 1 atom stereocenters. The van der Waals surface area contributed by atoms with Gasteiger partial charge in [0, 0.05) is 6.54 Å². The van der Waals surface area contributed by atoms with Gasteiger partial charge in [-0.1, -0.05) is 13.8 Å². The quantitative estimate of drug-likeness (QED) is 0.547. The van der Waals surface area contributed by atoms with Crippen LogP contribution < -0.4 is 20.1 Å². The van der Waals surface area contributed by atoms with Gasteiger partial charge >= 0.3 is 0 Å². The second-order valence-corrected chi connectivity index (χ2v) is 7.86. The van der Waals surface area contributed by atoms with Gasteiger partial charge in [-0.25, -0.2) is 8.42 Å². The zero-order chi connectivity index (χ0) is 19.7. The van der Waals surface area contributed by atoms with Crippen molar-refractivity contribution in [3.05, 3.63) is 24.3 Å². The first-order chi connectivity index (χ1) is 12.2. The van der Waals surface area contributed by atoms with E-state index in [1.54, 1.807) is 6.92 Å². The molecule has 0 saturated heterocycles. The zero-order valence-electron chi connectivity index (χ0n) is 15.5. The molecule has 1 aromatic rings. The molecule has 1 aromatic carbocycles. The van der Waals surface area contributed by atoms with Gasteiger partial charge in [0.15, 0.2) is 0 Å². The number of carbonyl (C=O) groups is 2. The summed E-state index contributed by atoms with van der Waals surface area (Å²) < 4.78 is 32.5. The van der Waals surface area contributed by atoms with Gasteiger partial charge in [0.05, 0.1) is 18.6 Å². The van der Waals surface area contributed by atoms with Crippen molar-refractivity contribution in [3.63, 3.8) is 0 Å². The van der Waals surface area contributed by atoms with Crippen molar-refractivity contribution in [1.29, 1.82) is 0 Å². The zero-order valence-corrected chi connectivity index (χ0v) is 16.4. The van der Waals surface area contributed by atoms with E-state index in [0.717, 1.165) is 0 Å². The molecule has 0 aliphatic carbocycles. The van der Waals surface area contributed by atoms with Crippen molar-refractivity contribution >= 4 is 21.8 Å². The Morgan fingerprint density at radius 1 is 1.12 bits per heavy atom. The third kappa shape index (κ3) is 7.01. The summed E-state index contributed by atoms with van der Waals surface area (Å²) in [6.07, 6.45) is 0.302. The molecule has 0 bridgehead atoms. The minimum Gasteiger partial charge on any atom is -0.497 e. The van der Waals surface area contributed by atoms with Crippen LogP contribution in [-0.2, 0) is 19.6 Å². The number of ether oxygens (including phenoxy) is 1. The number of benzene rings is 1. The minimum atomic E-state index is -3.89. The molecular formula is C17H27N3O5S. The lowest BCUT2D eigenvalue weighted by atomic mass is 10.0. The van der Waals surface area contributed by atoms with Crippen LogP contribution in [0, 0.1) is 5.92 Å². The van der Waals surface area contributed by atoms with Crippen molar-refractivity contribution in [3.8, 4) is 5.75 Å². The van der Waals surface area contributed by atoms with E-state index < -0.39 is 22.0 Å². The van der Waals surface area contributed by atoms with Gasteiger partial charge in [-0.15, -0.1) is 0 Å². The van der Waals surface area contributed by atoms with Gasteiger partial charge in [0.1, 0.15) is 11.8 Å². The molecule has 2 amide bonds. The number of rotatable bonds is 10. The Hall–Kier alpha value is -2.13. The van der Waals surface area contributed by atoms with Gasteiger partial charge in [-0.2, -0.15) is 4.72 Å². The number of carbonyl (C=O) groups excluding carboxylic acids is 2. The lowest BCUT2D eigenvalue weighted by Crippen LogP contribution is -2.49. The lowest BCUT2D eigenvalue weighted by molar-refractivity contribution is -0.127. The SMILES string of the molecule is CCNC(=O)CNC(=O)[C@H](CC(C)C)NS(=O)(=O)c1ccc(OC)cc1. The van der Waals surface area contributed by atoms with E-state index in [2.05, 4.69) is 15.4 Å². The predicted molar refractivity (Wildman–Crippen MR) is 98.3 cm³/mol. The summed E-state index contributed by atoms with van der Waals surface area (Å²) in [7, 11) is -2.41. The highest BCUT2D eigenvalue weighted by molar-refractivity contribution is 7.89. The van der Waals surface area contributed by atoms with E-state index in [9.17, 15) is 18.0 Å². The second kappa shape index (κ2) is 10.1. The van der Waals surface area contributed by atoms with E-state index in [0.29, 0.717) is 18.7 Å². The molecule has 3 N–H and O–H groups in total. The summed E-state index contributed by atoms with van der Waals surface area (Å²) in [6.45, 7) is 5.78. The van der Waals surface area contributed by atoms with Crippen molar-refractivity contribution < 1.29 is 22.7 Å². The Morgan fingerprint density at radius 3 is 2.23 bits per heavy atom. The molecule has 0 aliphatic rings. The molecule has 0 heterocycles. The molecule has 0 spiro atoms. The van der Waals surface area contributed by atoms with Crippen molar-refractivity contribution in [1.82, 2.24) is 15.4 Å². The number of hydrogen-bond donors (Lipinski definition) is 3. The molecule has 0 aromatic heterocycles. The largest absolute Gasteiger partial charge is 0.497 e. The van der Waals surface area contributed by atoms with Crippen LogP contribution in [0.3, 0.4) is 0 Å². The van der Waals surface area contributed by atoms with Crippen LogP contribution in [0.25, 0.3) is 0 Å². The number of amides is 2. The Balaban J connectivity index is 2.87. The van der Waals surface area contributed by atoms with Crippen LogP contribution >= 0.6 is 0 Å². The maximum absolute atomic E-state index is 12.6. The fraction of sp³-hybridized carbons (Fsp3) is 0.529. The lowest BCUT2D eigenvalue weighted by Gasteiger charge is -2.20. The molecular weight excluding hydrogens is 358 g/mol. The normalized spacial score (nSPS) is 12.5. The summed E-state index contributed by atoms with van der Waals surface area (Å²) in [6, 6.07) is 4.89. The Bertz CT molecular complexity index is 702. The summed E-state index contributed by atoms with van der Waals surface area (Å²) in [4.78, 5) is 23.9. The van der Waals surface area contributed by atoms with E-state index in [1.807, 2.05) is 13.8 Å². The predicted octanol–water partition coefficient (Wildman–Crippen LogP) is 0.641. The first-order valence-electron chi connectivity index (χ1n) is 8.40. The molecule has 1 rings (SSSR count). The number of nitrogens with one attached hydrogen (secondary N) is 3. The molecule has 0 unspecified atom stereocenters. The van der Waals surface area contributed by atoms with E-state index in [4.69, 9.17) is 4.74 Å². The average Bonchev–Trinajstić information content (AvgIpc) is 2.58. The Kier molecular flexibility index (Phi) is 8.53. The number of sulfonamides is 1. The molecule has 8 nitrogen and oxygen atoms in total. The van der Waals surface area contributed by atoms with Gasteiger partial charge in [-0.3, -0.25) is 9.59 Å². The minimum absolute atomic E-state index is 0.0311. The van der Waals surface area contributed by atoms with Gasteiger partial charge in [0.25, 0.3) is 0 Å². The van der Waals surface area contributed by atoms with Crippen LogP contribution in [0.1, 0.15) is 27.2 Å². The number of methoxy groups -OCH3 is 1. The fourth-order valence-corrected chi connectivity index (χ4v) is 3.45. The molecule has 9 heteroatoms. The van der Waals surface area contributed by atoms with Crippen LogP contribution in [0.2, 0.25) is 0 Å². The van der Waals surface area contributed by atoms with E-state index in [-0.39, 0.29) is 23.3 Å². The molecule has 26 heavy (non-hydrogen) atoms. The summed E-state index contributed by atoms with van der Waals surface area (Å²) in [5.41, 5.74) is 0. The van der Waals surface area contributed by atoms with Crippen molar-refractivity contribution in [2.75, 3.05) is 20.2 Å². The highest BCUT2D eigenvalue weighted by atomic mass is 32.2. The van der Waals surface area contributed by atoms with Crippen molar-refractivity contribution in [2.24, 2.45) is 5.92 Å². The average molecular weight is 385 g/mol. The Labute approximate surface area is 154 Å². The number of hydrogen-bond acceptors (Lipinski definition) is 5. The van der Waals surface area contributed by atoms with E-state index in [1.165, 1.54) is 31.4 Å². The first kappa shape index (κ1) is 21.9. The summed E-state index contributed by atoms with van der Waals surface area (Å²) in [5, 5.41) is 5.03. The molecule has 146 valence electrons. The molecule has 0 aliphatic heterocycles. The maximum atomic E-state index is 12.6. The topological polar surface area (TPSA) is 114 Å². The molecule has 0 radical (unpaired) electrons. The van der Waals surface area contributed by atoms with Crippen LogP contribution in [-0.4, -0.2) is 46.5 Å². The van der Waals surface area contributed by atoms with Gasteiger partial charge < -0.3 is 15.4 Å². The highest BCUT2D eigenvalue weighted by Crippen LogP contribution is 2.16. The van der Waals surface area contributed by atoms with Gasteiger partial charge in [-0.05, 0) is 43.5 Å². The summed E-state index contributed by atoms with van der Waals surface area (Å²) in [5.74, 6) is -0.264. The molecule has 0 saturated carbocycles. The Morgan fingerprint density at radius 2 is 1.73 bits per heavy atom. The van der Waals surface area contributed by atoms with Gasteiger partial charge in [0.2, 0.25) is 21.8 Å². The number of likely N-dealkylation sites (N-methyl/N-ethyl adjacent to an activating group) is 1. The highest BCUT2D eigenvalue weighted by Gasteiger charge is 2.26. The van der Waals surface area contributed by atoms with Crippen LogP contribution in [0.5, 0.6) is 5.75 Å². The maximum Gasteiger partial charge on any atom is 0.241 e. The standard InChI is InChI=1S/C17H27N3O5S/c1-5-18-16(21)11-19-17(22)15(10-12(2)3)20-26(23,24)14-8-6-13(25-4)7-9-14/h6-9,12,15,20H,5,10-11H2,1-4H3,(H,18,21)(H,19,22)/t15-/m0/s1. The molecule has 0 fully saturated rings. The third-order valence-corrected chi connectivity index (χ3v) is 4.98. The fourth-order valence-electron chi connectivity index (χ4n) is 2.24. The second-order valence-electron chi connectivity index (χ2n) is 6.15. The first-order valence-corrected chi connectivity index (χ1v) is 9.88. The monoisotopic (exact) mass is 385 g/mol.